The summed E-state index contributed by atoms with van der Waals surface area (Å²) < 4.78 is 0. The van der Waals surface area contributed by atoms with E-state index in [0.29, 0.717) is 21.8 Å². The number of rotatable bonds is 5. The maximum absolute atomic E-state index is 11.9. The molecule has 126 valence electrons. The molecule has 0 aliphatic carbocycles. The van der Waals surface area contributed by atoms with Crippen molar-refractivity contribution in [1.82, 2.24) is 5.32 Å². The molecule has 7 nitrogen and oxygen atoms in total. The van der Waals surface area contributed by atoms with E-state index < -0.39 is 17.1 Å². The lowest BCUT2D eigenvalue weighted by atomic mass is 10.1. The van der Waals surface area contributed by atoms with Gasteiger partial charge in [0, 0.05) is 23.2 Å². The summed E-state index contributed by atoms with van der Waals surface area (Å²) >= 11 is 5.98. The van der Waals surface area contributed by atoms with Crippen molar-refractivity contribution in [2.75, 3.05) is 11.9 Å². The van der Waals surface area contributed by atoms with Gasteiger partial charge in [0.2, 0.25) is 0 Å². The topological polar surface area (TPSA) is 104 Å². The smallest absolute Gasteiger partial charge is 0.319 e. The molecule has 0 aliphatic heterocycles. The lowest BCUT2D eigenvalue weighted by Crippen LogP contribution is -2.32. The first-order chi connectivity index (χ1) is 11.4. The number of aliphatic hydroxyl groups is 1. The van der Waals surface area contributed by atoms with Gasteiger partial charge >= 0.3 is 6.03 Å². The second kappa shape index (κ2) is 7.76. The standard InChI is InChI=1S/C16H16ClN3O4/c1-10-13(7-4-8-14(10)20(23)24)19-16(22)18-9-15(21)11-5-2-3-6-12(11)17/h2-8,15,21H,9H2,1H3,(H2,18,19,22). The third-order valence-electron chi connectivity index (χ3n) is 3.47. The Hall–Kier alpha value is -2.64. The van der Waals surface area contributed by atoms with Crippen LogP contribution >= 0.6 is 11.6 Å². The fraction of sp³-hybridized carbons (Fsp3) is 0.188. The van der Waals surface area contributed by atoms with Gasteiger partial charge in [0.25, 0.3) is 5.69 Å². The van der Waals surface area contributed by atoms with Crippen LogP contribution in [0.2, 0.25) is 5.02 Å². The van der Waals surface area contributed by atoms with Gasteiger partial charge in [-0.3, -0.25) is 10.1 Å². The number of nitrogens with zero attached hydrogens (tertiary/aromatic N) is 1. The Morgan fingerprint density at radius 3 is 2.67 bits per heavy atom. The highest BCUT2D eigenvalue weighted by Crippen LogP contribution is 2.25. The van der Waals surface area contributed by atoms with E-state index in [4.69, 9.17) is 11.6 Å². The minimum atomic E-state index is -0.962. The van der Waals surface area contributed by atoms with Crippen molar-refractivity contribution in [1.29, 1.82) is 0 Å². The molecule has 24 heavy (non-hydrogen) atoms. The van der Waals surface area contributed by atoms with E-state index in [1.54, 1.807) is 37.3 Å². The number of nitro benzene ring substituents is 1. The summed E-state index contributed by atoms with van der Waals surface area (Å²) in [6.07, 6.45) is -0.962. The largest absolute Gasteiger partial charge is 0.387 e. The molecular formula is C16H16ClN3O4. The zero-order chi connectivity index (χ0) is 17.7. The predicted octanol–water partition coefficient (Wildman–Crippen LogP) is 3.41. The molecule has 0 aromatic heterocycles. The van der Waals surface area contributed by atoms with Crippen LogP contribution in [-0.4, -0.2) is 22.6 Å². The highest BCUT2D eigenvalue weighted by Gasteiger charge is 2.16. The Morgan fingerprint density at radius 2 is 2.00 bits per heavy atom. The fourth-order valence-corrected chi connectivity index (χ4v) is 2.43. The summed E-state index contributed by atoms with van der Waals surface area (Å²) in [6, 6.07) is 10.6. The third-order valence-corrected chi connectivity index (χ3v) is 3.81. The number of benzene rings is 2. The number of carbonyl (C=O) groups excluding carboxylic acids is 1. The molecule has 0 spiro atoms. The molecule has 0 saturated heterocycles. The van der Waals surface area contributed by atoms with Gasteiger partial charge in [-0.05, 0) is 19.1 Å². The number of nitro groups is 1. The Balaban J connectivity index is 1.98. The van der Waals surface area contributed by atoms with E-state index in [1.807, 2.05) is 0 Å². The van der Waals surface area contributed by atoms with Gasteiger partial charge in [0.15, 0.2) is 0 Å². The van der Waals surface area contributed by atoms with Gasteiger partial charge < -0.3 is 15.7 Å². The van der Waals surface area contributed by atoms with Crippen molar-refractivity contribution in [3.8, 4) is 0 Å². The van der Waals surface area contributed by atoms with Gasteiger partial charge in [-0.1, -0.05) is 35.9 Å². The second-order valence-corrected chi connectivity index (χ2v) is 5.49. The average Bonchev–Trinajstić information content (AvgIpc) is 2.54. The van der Waals surface area contributed by atoms with Crippen LogP contribution in [-0.2, 0) is 0 Å². The lowest BCUT2D eigenvalue weighted by molar-refractivity contribution is -0.385. The second-order valence-electron chi connectivity index (χ2n) is 5.08. The van der Waals surface area contributed by atoms with E-state index in [0.717, 1.165) is 0 Å². The first-order valence-electron chi connectivity index (χ1n) is 7.11. The minimum absolute atomic E-state index is 0.0520. The molecule has 0 saturated carbocycles. The van der Waals surface area contributed by atoms with Crippen LogP contribution in [0.1, 0.15) is 17.2 Å². The number of hydrogen-bond donors (Lipinski definition) is 3. The highest BCUT2D eigenvalue weighted by molar-refractivity contribution is 6.31. The number of urea groups is 1. The van der Waals surface area contributed by atoms with Crippen LogP contribution in [0, 0.1) is 17.0 Å². The maximum atomic E-state index is 11.9. The molecule has 1 atom stereocenters. The number of halogens is 1. The molecule has 3 N–H and O–H groups in total. The molecule has 2 aromatic rings. The molecule has 0 heterocycles. The first-order valence-corrected chi connectivity index (χ1v) is 7.49. The third kappa shape index (κ3) is 4.21. The molecule has 2 amide bonds. The highest BCUT2D eigenvalue weighted by atomic mass is 35.5. The number of aliphatic hydroxyl groups excluding tert-OH is 1. The first kappa shape index (κ1) is 17.7. The van der Waals surface area contributed by atoms with Gasteiger partial charge in [0.05, 0.1) is 22.3 Å². The van der Waals surface area contributed by atoms with Crippen molar-refractivity contribution >= 4 is 29.0 Å². The summed E-state index contributed by atoms with van der Waals surface area (Å²) in [7, 11) is 0. The molecule has 0 bridgehead atoms. The van der Waals surface area contributed by atoms with Crippen LogP contribution in [0.3, 0.4) is 0 Å². The van der Waals surface area contributed by atoms with Crippen LogP contribution in [0.15, 0.2) is 42.5 Å². The average molecular weight is 350 g/mol. The summed E-state index contributed by atoms with van der Waals surface area (Å²) in [5, 5.41) is 26.4. The number of hydrogen-bond acceptors (Lipinski definition) is 4. The predicted molar refractivity (Wildman–Crippen MR) is 91.3 cm³/mol. The van der Waals surface area contributed by atoms with Crippen LogP contribution in [0.4, 0.5) is 16.2 Å². The summed E-state index contributed by atoms with van der Waals surface area (Å²) in [5.41, 5.74) is 1.10. The zero-order valence-electron chi connectivity index (χ0n) is 12.8. The molecule has 0 fully saturated rings. The summed E-state index contributed by atoms with van der Waals surface area (Å²) in [4.78, 5) is 22.3. The van der Waals surface area contributed by atoms with Crippen molar-refractivity contribution in [2.24, 2.45) is 0 Å². The molecule has 2 aromatic carbocycles. The number of amides is 2. The molecule has 2 rings (SSSR count). The van der Waals surface area contributed by atoms with Crippen molar-refractivity contribution in [3.05, 3.63) is 68.7 Å². The SMILES string of the molecule is Cc1c(NC(=O)NCC(O)c2ccccc2Cl)cccc1[N+](=O)[O-]. The van der Waals surface area contributed by atoms with Crippen molar-refractivity contribution in [2.45, 2.75) is 13.0 Å². The minimum Gasteiger partial charge on any atom is -0.387 e. The molecular weight excluding hydrogens is 334 g/mol. The quantitative estimate of drug-likeness (QED) is 0.568. The van der Waals surface area contributed by atoms with Crippen LogP contribution in [0.5, 0.6) is 0 Å². The van der Waals surface area contributed by atoms with Crippen molar-refractivity contribution in [3.63, 3.8) is 0 Å². The number of anilines is 1. The zero-order valence-corrected chi connectivity index (χ0v) is 13.6. The van der Waals surface area contributed by atoms with Gasteiger partial charge in [-0.2, -0.15) is 0 Å². The molecule has 0 aliphatic rings. The molecule has 0 radical (unpaired) electrons. The van der Waals surface area contributed by atoms with Gasteiger partial charge in [0.1, 0.15) is 0 Å². The van der Waals surface area contributed by atoms with Crippen LogP contribution < -0.4 is 10.6 Å². The Bertz CT molecular complexity index is 767. The van der Waals surface area contributed by atoms with Gasteiger partial charge in [-0.25, -0.2) is 4.79 Å². The number of nitrogens with one attached hydrogen (secondary N) is 2. The summed E-state index contributed by atoms with van der Waals surface area (Å²) in [6.45, 7) is 1.50. The monoisotopic (exact) mass is 349 g/mol. The Morgan fingerprint density at radius 1 is 1.29 bits per heavy atom. The lowest BCUT2D eigenvalue weighted by Gasteiger charge is -2.14. The molecule has 1 unspecified atom stereocenters. The Kier molecular flexibility index (Phi) is 5.73. The maximum Gasteiger partial charge on any atom is 0.319 e. The van der Waals surface area contributed by atoms with Crippen molar-refractivity contribution < 1.29 is 14.8 Å². The van der Waals surface area contributed by atoms with Gasteiger partial charge in [-0.15, -0.1) is 0 Å². The summed E-state index contributed by atoms with van der Waals surface area (Å²) in [5.74, 6) is 0. The number of carbonyl (C=O) groups is 1. The van der Waals surface area contributed by atoms with Crippen LogP contribution in [0.25, 0.3) is 0 Å². The van der Waals surface area contributed by atoms with E-state index in [2.05, 4.69) is 10.6 Å². The molecule has 8 heteroatoms. The normalized spacial score (nSPS) is 11.6. The van der Waals surface area contributed by atoms with E-state index in [1.165, 1.54) is 12.1 Å². The Labute approximate surface area is 143 Å². The fourth-order valence-electron chi connectivity index (χ4n) is 2.17. The van der Waals surface area contributed by atoms with E-state index in [9.17, 15) is 20.0 Å². The van der Waals surface area contributed by atoms with E-state index in [-0.39, 0.29) is 12.2 Å². The van der Waals surface area contributed by atoms with E-state index >= 15 is 0 Å².